The molecular weight excluding hydrogens is 579 g/mol. The first-order chi connectivity index (χ1) is 21.5. The quantitative estimate of drug-likeness (QED) is 0.0624. The Balaban J connectivity index is 0.000000240. The molecule has 5 heteroatoms. The van der Waals surface area contributed by atoms with Gasteiger partial charge in [-0.2, -0.15) is 8.42 Å². The van der Waals surface area contributed by atoms with Gasteiger partial charge in [-0.05, 0) is 61.4 Å². The molecule has 0 unspecified atom stereocenters. The molecule has 3 nitrogen and oxygen atoms in total. The van der Waals surface area contributed by atoms with Crippen molar-refractivity contribution in [1.29, 1.82) is 0 Å². The molecule has 44 heavy (non-hydrogen) atoms. The average Bonchev–Trinajstić information content (AvgIpc) is 3.08. The number of hydrogen-bond acceptors (Lipinski definition) is 3. The number of benzene rings is 4. The molecule has 4 rings (SSSR count). The Kier molecular flexibility index (Phi) is 16.5. The standard InChI is InChI=1S/C21H22P.C18H30O3S/c1-2-18-22(19-12-6-3-7-13-19,20-14-8-4-9-15-20)21-16-10-5-11-17-21;1-2-3-4-5-6-7-8-9-10-14-17-21-22(19,20)18-15-12-11-13-16-18/h3-17H,2,18H2,1H3;11-13,15-16H,2-10,14,17H2,1H3/q+1;. The second kappa shape index (κ2) is 20.3. The first-order valence-corrected chi connectivity index (χ1v) is 19.9. The normalized spacial score (nSPS) is 11.5. The molecule has 0 heterocycles. The minimum absolute atomic E-state index is 0.238. The summed E-state index contributed by atoms with van der Waals surface area (Å²) >= 11 is 0. The average molecular weight is 632 g/mol. The molecule has 0 saturated heterocycles. The number of unbranched alkanes of at least 4 members (excludes halogenated alkanes) is 9. The van der Waals surface area contributed by atoms with Crippen LogP contribution < -0.4 is 15.9 Å². The highest BCUT2D eigenvalue weighted by atomic mass is 32.2. The van der Waals surface area contributed by atoms with Crippen molar-refractivity contribution in [2.24, 2.45) is 0 Å². The van der Waals surface area contributed by atoms with Crippen LogP contribution in [0.15, 0.2) is 126 Å². The van der Waals surface area contributed by atoms with Crippen LogP contribution in [0.2, 0.25) is 0 Å². The van der Waals surface area contributed by atoms with E-state index in [0.717, 1.165) is 12.8 Å². The molecule has 0 aliphatic rings. The summed E-state index contributed by atoms with van der Waals surface area (Å²) in [4.78, 5) is 0.238. The summed E-state index contributed by atoms with van der Waals surface area (Å²) in [7, 11) is -5.12. The zero-order valence-corrected chi connectivity index (χ0v) is 28.5. The molecule has 0 fully saturated rings. The highest BCUT2D eigenvalue weighted by Gasteiger charge is 2.44. The molecule has 0 saturated carbocycles. The third-order valence-corrected chi connectivity index (χ3v) is 13.9. The van der Waals surface area contributed by atoms with Gasteiger partial charge in [-0.15, -0.1) is 0 Å². The Morgan fingerprint density at radius 2 is 0.841 bits per heavy atom. The Morgan fingerprint density at radius 1 is 0.477 bits per heavy atom. The highest BCUT2D eigenvalue weighted by Crippen LogP contribution is 2.55. The van der Waals surface area contributed by atoms with Crippen LogP contribution in [0.1, 0.15) is 84.5 Å². The zero-order valence-electron chi connectivity index (χ0n) is 26.8. The van der Waals surface area contributed by atoms with Crippen LogP contribution >= 0.6 is 7.26 Å². The first kappa shape index (κ1) is 35.7. The summed E-state index contributed by atoms with van der Waals surface area (Å²) in [6, 6.07) is 41.6. The lowest BCUT2D eigenvalue weighted by Crippen LogP contribution is -2.33. The Labute approximate surface area is 268 Å². The maximum Gasteiger partial charge on any atom is 0.296 e. The van der Waals surface area contributed by atoms with Gasteiger partial charge in [-0.25, -0.2) is 0 Å². The minimum atomic E-state index is -3.57. The van der Waals surface area contributed by atoms with Crippen molar-refractivity contribution in [2.75, 3.05) is 12.8 Å². The van der Waals surface area contributed by atoms with Crippen LogP contribution in [0.5, 0.6) is 0 Å². The van der Waals surface area contributed by atoms with E-state index in [1.165, 1.54) is 79.9 Å². The van der Waals surface area contributed by atoms with Gasteiger partial charge in [-0.1, -0.05) is 144 Å². The van der Waals surface area contributed by atoms with Gasteiger partial charge in [0.15, 0.2) is 0 Å². The molecule has 0 aromatic heterocycles. The molecule has 236 valence electrons. The van der Waals surface area contributed by atoms with Gasteiger partial charge in [0.05, 0.1) is 17.7 Å². The molecule has 4 aromatic carbocycles. The van der Waals surface area contributed by atoms with Crippen molar-refractivity contribution in [3.05, 3.63) is 121 Å². The smallest absolute Gasteiger partial charge is 0.266 e. The molecule has 0 radical (unpaired) electrons. The summed E-state index contributed by atoms with van der Waals surface area (Å²) in [5.74, 6) is 0. The monoisotopic (exact) mass is 631 g/mol. The summed E-state index contributed by atoms with van der Waals surface area (Å²) in [5.41, 5.74) is 0. The van der Waals surface area contributed by atoms with Crippen LogP contribution in [0.3, 0.4) is 0 Å². The summed E-state index contributed by atoms with van der Waals surface area (Å²) in [6.07, 6.45) is 14.7. The third kappa shape index (κ3) is 11.3. The van der Waals surface area contributed by atoms with Gasteiger partial charge in [0.2, 0.25) is 0 Å². The van der Waals surface area contributed by atoms with E-state index >= 15 is 0 Å². The Hall–Kier alpha value is -2.78. The largest absolute Gasteiger partial charge is 0.296 e. The van der Waals surface area contributed by atoms with Crippen molar-refractivity contribution in [1.82, 2.24) is 0 Å². The SMILES string of the molecule is CCCCCCCCCCCCOS(=O)(=O)c1ccccc1.CCC[P+](c1ccccc1)(c1ccccc1)c1ccccc1. The van der Waals surface area contributed by atoms with Gasteiger partial charge in [0, 0.05) is 0 Å². The lowest BCUT2D eigenvalue weighted by molar-refractivity contribution is 0.306. The first-order valence-electron chi connectivity index (χ1n) is 16.5. The van der Waals surface area contributed by atoms with Crippen molar-refractivity contribution in [3.63, 3.8) is 0 Å². The van der Waals surface area contributed by atoms with Gasteiger partial charge in [0.25, 0.3) is 10.1 Å². The lowest BCUT2D eigenvalue weighted by Gasteiger charge is -2.27. The maximum absolute atomic E-state index is 11.9. The van der Waals surface area contributed by atoms with E-state index in [1.54, 1.807) is 30.3 Å². The van der Waals surface area contributed by atoms with Crippen LogP contribution in [0.4, 0.5) is 0 Å². The predicted molar refractivity (Wildman–Crippen MR) is 192 cm³/mol. The molecule has 4 aromatic rings. The summed E-state index contributed by atoms with van der Waals surface area (Å²) < 4.78 is 28.8. The fraction of sp³-hybridized carbons (Fsp3) is 0.385. The molecule has 0 atom stereocenters. The lowest BCUT2D eigenvalue weighted by atomic mass is 10.1. The van der Waals surface area contributed by atoms with Crippen LogP contribution in [0, 0.1) is 0 Å². The van der Waals surface area contributed by atoms with Crippen molar-refractivity contribution < 1.29 is 12.6 Å². The van der Waals surface area contributed by atoms with Crippen LogP contribution in [-0.4, -0.2) is 21.2 Å². The highest BCUT2D eigenvalue weighted by molar-refractivity contribution is 7.95. The molecule has 0 aliphatic carbocycles. The second-order valence-corrected chi connectivity index (χ2v) is 16.5. The molecule has 0 bridgehead atoms. The second-order valence-electron chi connectivity index (χ2n) is 11.3. The molecule has 0 spiro atoms. The third-order valence-electron chi connectivity index (χ3n) is 7.92. The maximum atomic E-state index is 11.9. The molecule has 0 amide bonds. The van der Waals surface area contributed by atoms with Crippen LogP contribution in [-0.2, 0) is 14.3 Å². The Morgan fingerprint density at radius 3 is 1.23 bits per heavy atom. The predicted octanol–water partition coefficient (Wildman–Crippen LogP) is 9.70. The topological polar surface area (TPSA) is 43.4 Å². The minimum Gasteiger partial charge on any atom is -0.266 e. The molecule has 0 aliphatic heterocycles. The fourth-order valence-electron chi connectivity index (χ4n) is 5.63. The van der Waals surface area contributed by atoms with Crippen molar-refractivity contribution >= 4 is 33.3 Å². The number of hydrogen-bond donors (Lipinski definition) is 0. The summed E-state index contributed by atoms with van der Waals surface area (Å²) in [6.45, 7) is 4.82. The van der Waals surface area contributed by atoms with Crippen molar-refractivity contribution in [3.8, 4) is 0 Å². The zero-order chi connectivity index (χ0) is 31.4. The van der Waals surface area contributed by atoms with Gasteiger partial charge in [-0.3, -0.25) is 4.18 Å². The molecular formula is C39H52O3PS+. The van der Waals surface area contributed by atoms with E-state index in [2.05, 4.69) is 105 Å². The Bertz CT molecular complexity index is 1280. The van der Waals surface area contributed by atoms with E-state index in [4.69, 9.17) is 4.18 Å². The van der Waals surface area contributed by atoms with Gasteiger partial charge < -0.3 is 0 Å². The van der Waals surface area contributed by atoms with E-state index in [1.807, 2.05) is 0 Å². The van der Waals surface area contributed by atoms with Crippen LogP contribution in [0.25, 0.3) is 0 Å². The molecule has 0 N–H and O–H groups in total. The van der Waals surface area contributed by atoms with E-state index in [9.17, 15) is 8.42 Å². The van der Waals surface area contributed by atoms with Crippen molar-refractivity contribution in [2.45, 2.75) is 89.4 Å². The fourth-order valence-corrected chi connectivity index (χ4v) is 11.0. The summed E-state index contributed by atoms with van der Waals surface area (Å²) in [5, 5.41) is 4.44. The number of rotatable bonds is 18. The van der Waals surface area contributed by atoms with E-state index < -0.39 is 17.4 Å². The van der Waals surface area contributed by atoms with Gasteiger partial charge in [0.1, 0.15) is 23.2 Å². The van der Waals surface area contributed by atoms with Gasteiger partial charge >= 0.3 is 0 Å². The van der Waals surface area contributed by atoms with E-state index in [0.29, 0.717) is 0 Å². The van der Waals surface area contributed by atoms with E-state index in [-0.39, 0.29) is 11.5 Å².